The minimum Gasteiger partial charge on any atom is -0.465 e. The minimum atomic E-state index is -0.312. The maximum absolute atomic E-state index is 11.6. The SMILES string of the molecule is COC(=O)c1ccc2ccn(Cc3ccc(Br)cc3)c2c1. The van der Waals surface area contributed by atoms with Gasteiger partial charge in [-0.15, -0.1) is 0 Å². The molecule has 0 unspecified atom stereocenters. The number of benzene rings is 2. The summed E-state index contributed by atoms with van der Waals surface area (Å²) in [5.74, 6) is -0.312. The average Bonchev–Trinajstić information content (AvgIpc) is 2.91. The zero-order chi connectivity index (χ0) is 14.8. The van der Waals surface area contributed by atoms with E-state index in [0.717, 1.165) is 21.9 Å². The number of hydrogen-bond donors (Lipinski definition) is 0. The first kappa shape index (κ1) is 13.9. The Labute approximate surface area is 131 Å². The summed E-state index contributed by atoms with van der Waals surface area (Å²) < 4.78 is 7.98. The molecular weight excluding hydrogens is 330 g/mol. The van der Waals surface area contributed by atoms with E-state index in [1.807, 2.05) is 30.5 Å². The summed E-state index contributed by atoms with van der Waals surface area (Å²) in [6.07, 6.45) is 2.04. The molecule has 0 N–H and O–H groups in total. The van der Waals surface area contributed by atoms with Crippen molar-refractivity contribution in [2.75, 3.05) is 7.11 Å². The van der Waals surface area contributed by atoms with Crippen LogP contribution in [0.4, 0.5) is 0 Å². The topological polar surface area (TPSA) is 31.2 Å². The molecule has 3 aromatic rings. The Morgan fingerprint density at radius 3 is 2.62 bits per heavy atom. The molecule has 0 spiro atoms. The molecule has 0 amide bonds. The molecule has 0 saturated carbocycles. The van der Waals surface area contributed by atoms with Crippen molar-refractivity contribution in [3.05, 3.63) is 70.3 Å². The van der Waals surface area contributed by atoms with Crippen molar-refractivity contribution in [3.63, 3.8) is 0 Å². The van der Waals surface area contributed by atoms with Gasteiger partial charge in [0.2, 0.25) is 0 Å². The maximum Gasteiger partial charge on any atom is 0.337 e. The molecule has 0 bridgehead atoms. The van der Waals surface area contributed by atoms with Crippen molar-refractivity contribution in [3.8, 4) is 0 Å². The Kier molecular flexibility index (Phi) is 3.80. The van der Waals surface area contributed by atoms with Gasteiger partial charge < -0.3 is 9.30 Å². The number of rotatable bonds is 3. The lowest BCUT2D eigenvalue weighted by Crippen LogP contribution is -2.02. The molecule has 0 aliphatic carbocycles. The number of esters is 1. The summed E-state index contributed by atoms with van der Waals surface area (Å²) >= 11 is 3.44. The van der Waals surface area contributed by atoms with Crippen molar-refractivity contribution < 1.29 is 9.53 Å². The Morgan fingerprint density at radius 2 is 1.90 bits per heavy atom. The molecule has 3 nitrogen and oxygen atoms in total. The van der Waals surface area contributed by atoms with Crippen LogP contribution in [0, 0.1) is 0 Å². The Balaban J connectivity index is 1.98. The minimum absolute atomic E-state index is 0.312. The smallest absolute Gasteiger partial charge is 0.337 e. The average molecular weight is 344 g/mol. The number of fused-ring (bicyclic) bond motifs is 1. The number of nitrogens with zero attached hydrogens (tertiary/aromatic N) is 1. The van der Waals surface area contributed by atoms with Crippen molar-refractivity contribution >= 4 is 32.8 Å². The highest BCUT2D eigenvalue weighted by Gasteiger charge is 2.08. The van der Waals surface area contributed by atoms with Gasteiger partial charge in [-0.05, 0) is 41.3 Å². The molecule has 0 fully saturated rings. The second-order valence-electron chi connectivity index (χ2n) is 4.84. The fraction of sp³-hybridized carbons (Fsp3) is 0.118. The summed E-state index contributed by atoms with van der Waals surface area (Å²) in [5, 5.41) is 1.11. The summed E-state index contributed by atoms with van der Waals surface area (Å²) in [5.41, 5.74) is 2.81. The lowest BCUT2D eigenvalue weighted by Gasteiger charge is -2.07. The van der Waals surface area contributed by atoms with E-state index in [2.05, 4.69) is 38.7 Å². The number of ether oxygens (including phenoxy) is 1. The lowest BCUT2D eigenvalue weighted by molar-refractivity contribution is 0.0601. The number of aromatic nitrogens is 1. The van der Waals surface area contributed by atoms with Gasteiger partial charge in [-0.1, -0.05) is 34.1 Å². The van der Waals surface area contributed by atoms with E-state index in [9.17, 15) is 4.79 Å². The zero-order valence-electron chi connectivity index (χ0n) is 11.5. The lowest BCUT2D eigenvalue weighted by atomic mass is 10.1. The monoisotopic (exact) mass is 343 g/mol. The number of carbonyl (C=O) groups excluding carboxylic acids is 1. The number of methoxy groups -OCH3 is 1. The van der Waals surface area contributed by atoms with Gasteiger partial charge in [0.25, 0.3) is 0 Å². The zero-order valence-corrected chi connectivity index (χ0v) is 13.1. The summed E-state index contributed by atoms with van der Waals surface area (Å²) in [6, 6.07) is 15.9. The van der Waals surface area contributed by atoms with Crippen molar-refractivity contribution in [1.82, 2.24) is 4.57 Å². The van der Waals surface area contributed by atoms with E-state index in [4.69, 9.17) is 4.74 Å². The van der Waals surface area contributed by atoms with Gasteiger partial charge in [-0.2, -0.15) is 0 Å². The van der Waals surface area contributed by atoms with Crippen molar-refractivity contribution in [2.45, 2.75) is 6.54 Å². The second kappa shape index (κ2) is 5.74. The summed E-state index contributed by atoms with van der Waals surface area (Å²) in [7, 11) is 1.40. The van der Waals surface area contributed by atoms with Crippen LogP contribution in [0.15, 0.2) is 59.2 Å². The molecule has 0 saturated heterocycles. The van der Waals surface area contributed by atoms with Crippen LogP contribution in [-0.4, -0.2) is 17.6 Å². The van der Waals surface area contributed by atoms with Crippen LogP contribution in [0.5, 0.6) is 0 Å². The molecule has 3 rings (SSSR count). The quantitative estimate of drug-likeness (QED) is 0.666. The highest BCUT2D eigenvalue weighted by Crippen LogP contribution is 2.20. The van der Waals surface area contributed by atoms with Gasteiger partial charge in [-0.3, -0.25) is 0 Å². The Bertz CT molecular complexity index is 790. The second-order valence-corrected chi connectivity index (χ2v) is 5.75. The van der Waals surface area contributed by atoms with Gasteiger partial charge in [0.1, 0.15) is 0 Å². The molecule has 106 valence electrons. The summed E-state index contributed by atoms with van der Waals surface area (Å²) in [4.78, 5) is 11.6. The van der Waals surface area contributed by atoms with Crippen LogP contribution in [0.3, 0.4) is 0 Å². The first-order valence-electron chi connectivity index (χ1n) is 6.59. The van der Waals surface area contributed by atoms with E-state index in [0.29, 0.717) is 5.56 Å². The number of carbonyl (C=O) groups is 1. The van der Waals surface area contributed by atoms with Crippen LogP contribution >= 0.6 is 15.9 Å². The van der Waals surface area contributed by atoms with E-state index in [1.54, 1.807) is 6.07 Å². The van der Waals surface area contributed by atoms with Crippen LogP contribution in [-0.2, 0) is 11.3 Å². The number of halogens is 1. The molecule has 0 radical (unpaired) electrons. The molecule has 4 heteroatoms. The molecular formula is C17H14BrNO2. The van der Waals surface area contributed by atoms with Crippen LogP contribution in [0.1, 0.15) is 15.9 Å². The molecule has 1 heterocycles. The molecule has 0 aliphatic heterocycles. The maximum atomic E-state index is 11.6. The summed E-state index contributed by atoms with van der Waals surface area (Å²) in [6.45, 7) is 0.765. The van der Waals surface area contributed by atoms with Gasteiger partial charge in [-0.25, -0.2) is 4.79 Å². The first-order chi connectivity index (χ1) is 10.2. The fourth-order valence-corrected chi connectivity index (χ4v) is 2.62. The highest BCUT2D eigenvalue weighted by molar-refractivity contribution is 9.10. The molecule has 0 aliphatic rings. The third-order valence-electron chi connectivity index (χ3n) is 3.46. The molecule has 0 atom stereocenters. The first-order valence-corrected chi connectivity index (χ1v) is 7.38. The third-order valence-corrected chi connectivity index (χ3v) is 3.99. The Hall–Kier alpha value is -2.07. The van der Waals surface area contributed by atoms with E-state index >= 15 is 0 Å². The third kappa shape index (κ3) is 2.85. The predicted octanol–water partition coefficient (Wildman–Crippen LogP) is 4.24. The van der Waals surface area contributed by atoms with E-state index in [1.165, 1.54) is 12.7 Å². The largest absolute Gasteiger partial charge is 0.465 e. The van der Waals surface area contributed by atoms with Gasteiger partial charge >= 0.3 is 5.97 Å². The number of hydrogen-bond acceptors (Lipinski definition) is 2. The molecule has 2 aromatic carbocycles. The standard InChI is InChI=1S/C17H14BrNO2/c1-21-17(20)14-5-4-13-8-9-19(16(13)10-14)11-12-2-6-15(18)7-3-12/h2-10H,11H2,1H3. The predicted molar refractivity (Wildman–Crippen MR) is 86.5 cm³/mol. The Morgan fingerprint density at radius 1 is 1.14 bits per heavy atom. The molecule has 1 aromatic heterocycles. The van der Waals surface area contributed by atoms with Crippen LogP contribution in [0.25, 0.3) is 10.9 Å². The van der Waals surface area contributed by atoms with Gasteiger partial charge in [0.05, 0.1) is 12.7 Å². The molecule has 21 heavy (non-hydrogen) atoms. The van der Waals surface area contributed by atoms with Crippen LogP contribution in [0.2, 0.25) is 0 Å². The van der Waals surface area contributed by atoms with Crippen molar-refractivity contribution in [1.29, 1.82) is 0 Å². The normalized spacial score (nSPS) is 10.8. The van der Waals surface area contributed by atoms with E-state index in [-0.39, 0.29) is 5.97 Å². The van der Waals surface area contributed by atoms with E-state index < -0.39 is 0 Å². The van der Waals surface area contributed by atoms with Gasteiger partial charge in [0.15, 0.2) is 0 Å². The van der Waals surface area contributed by atoms with Crippen molar-refractivity contribution in [2.24, 2.45) is 0 Å². The fourth-order valence-electron chi connectivity index (χ4n) is 2.35. The van der Waals surface area contributed by atoms with Gasteiger partial charge in [0, 0.05) is 22.7 Å². The van der Waals surface area contributed by atoms with Crippen LogP contribution < -0.4 is 0 Å². The highest BCUT2D eigenvalue weighted by atomic mass is 79.9.